The van der Waals surface area contributed by atoms with E-state index in [1.807, 2.05) is 6.92 Å². The Morgan fingerprint density at radius 3 is 2.44 bits per heavy atom. The van der Waals surface area contributed by atoms with Gasteiger partial charge in [0.05, 0.1) is 12.5 Å². The average molecular weight is 259 g/mol. The van der Waals surface area contributed by atoms with Crippen LogP contribution in [0.4, 0.5) is 13.2 Å². The Hall–Kier alpha value is -1.52. The summed E-state index contributed by atoms with van der Waals surface area (Å²) >= 11 is 0. The maximum atomic E-state index is 12.5. The normalized spacial score (nSPS) is 13.2. The van der Waals surface area contributed by atoms with Crippen molar-refractivity contribution in [3.63, 3.8) is 0 Å². The van der Waals surface area contributed by atoms with Crippen LogP contribution in [0, 0.1) is 0 Å². The SMILES string of the molecule is CCc1ccccc1C(CC(F)(F)F)NC(C)=O. The van der Waals surface area contributed by atoms with Gasteiger partial charge in [-0.2, -0.15) is 13.2 Å². The molecule has 5 heteroatoms. The molecule has 1 unspecified atom stereocenters. The second-order valence-electron chi connectivity index (χ2n) is 4.12. The second kappa shape index (κ2) is 5.89. The molecule has 0 heterocycles. The summed E-state index contributed by atoms with van der Waals surface area (Å²) in [6, 6.07) is 5.85. The summed E-state index contributed by atoms with van der Waals surface area (Å²) in [5, 5.41) is 2.37. The molecule has 1 aromatic carbocycles. The van der Waals surface area contributed by atoms with Crippen LogP contribution in [0.1, 0.15) is 37.4 Å². The molecule has 0 aliphatic carbocycles. The summed E-state index contributed by atoms with van der Waals surface area (Å²) in [7, 11) is 0. The number of carbonyl (C=O) groups is 1. The van der Waals surface area contributed by atoms with Gasteiger partial charge < -0.3 is 5.32 Å². The topological polar surface area (TPSA) is 29.1 Å². The summed E-state index contributed by atoms with van der Waals surface area (Å²) in [6.45, 7) is 3.09. The van der Waals surface area contributed by atoms with Crippen LogP contribution >= 0.6 is 0 Å². The molecule has 1 N–H and O–H groups in total. The van der Waals surface area contributed by atoms with Gasteiger partial charge >= 0.3 is 6.18 Å². The van der Waals surface area contributed by atoms with Crippen LogP contribution in [0.15, 0.2) is 24.3 Å². The second-order valence-corrected chi connectivity index (χ2v) is 4.12. The van der Waals surface area contributed by atoms with Gasteiger partial charge in [0.15, 0.2) is 0 Å². The minimum atomic E-state index is -4.31. The number of hydrogen-bond acceptors (Lipinski definition) is 1. The van der Waals surface area contributed by atoms with Crippen LogP contribution < -0.4 is 5.32 Å². The summed E-state index contributed by atoms with van der Waals surface area (Å²) in [5.41, 5.74) is 1.35. The number of rotatable bonds is 4. The minimum Gasteiger partial charge on any atom is -0.349 e. The molecule has 18 heavy (non-hydrogen) atoms. The van der Waals surface area contributed by atoms with Crippen molar-refractivity contribution >= 4 is 5.91 Å². The Morgan fingerprint density at radius 1 is 1.33 bits per heavy atom. The lowest BCUT2D eigenvalue weighted by Gasteiger charge is -2.22. The van der Waals surface area contributed by atoms with Crippen molar-refractivity contribution in [1.82, 2.24) is 5.32 Å². The molecule has 0 aromatic heterocycles. The smallest absolute Gasteiger partial charge is 0.349 e. The Kier molecular flexibility index (Phi) is 4.76. The zero-order chi connectivity index (χ0) is 13.8. The molecule has 0 saturated carbocycles. The van der Waals surface area contributed by atoms with Crippen LogP contribution in [0.25, 0.3) is 0 Å². The van der Waals surface area contributed by atoms with Crippen LogP contribution in [-0.4, -0.2) is 12.1 Å². The fraction of sp³-hybridized carbons (Fsp3) is 0.462. The molecule has 0 radical (unpaired) electrons. The van der Waals surface area contributed by atoms with Gasteiger partial charge in [-0.3, -0.25) is 4.79 Å². The standard InChI is InChI=1S/C13H16F3NO/c1-3-10-6-4-5-7-11(10)12(17-9(2)18)8-13(14,15)16/h4-7,12H,3,8H2,1-2H3,(H,17,18). The van der Waals surface area contributed by atoms with Crippen LogP contribution in [-0.2, 0) is 11.2 Å². The number of amides is 1. The summed E-state index contributed by atoms with van der Waals surface area (Å²) in [5.74, 6) is -0.463. The summed E-state index contributed by atoms with van der Waals surface area (Å²) in [6.07, 6.45) is -4.73. The largest absolute Gasteiger partial charge is 0.391 e. The summed E-state index contributed by atoms with van der Waals surface area (Å²) < 4.78 is 37.6. The van der Waals surface area contributed by atoms with E-state index in [4.69, 9.17) is 0 Å². The van der Waals surface area contributed by atoms with Crippen LogP contribution in [0.3, 0.4) is 0 Å². The third-order valence-electron chi connectivity index (χ3n) is 2.62. The fourth-order valence-corrected chi connectivity index (χ4v) is 1.91. The molecule has 1 rings (SSSR count). The Morgan fingerprint density at radius 2 is 1.94 bits per heavy atom. The molecule has 0 saturated heterocycles. The molecule has 1 amide bonds. The van der Waals surface area contributed by atoms with Crippen molar-refractivity contribution in [3.8, 4) is 0 Å². The Balaban J connectivity index is 3.04. The molecule has 0 aliphatic rings. The third kappa shape index (κ3) is 4.39. The average Bonchev–Trinajstić information content (AvgIpc) is 2.25. The molecular formula is C13H16F3NO. The highest BCUT2D eigenvalue weighted by Crippen LogP contribution is 2.31. The van der Waals surface area contributed by atoms with Gasteiger partial charge in [-0.15, -0.1) is 0 Å². The van der Waals surface area contributed by atoms with E-state index in [1.54, 1.807) is 24.3 Å². The number of hydrogen-bond donors (Lipinski definition) is 1. The highest BCUT2D eigenvalue weighted by Gasteiger charge is 2.33. The van der Waals surface area contributed by atoms with E-state index in [0.717, 1.165) is 5.56 Å². The Bertz CT molecular complexity index is 415. The maximum Gasteiger partial charge on any atom is 0.391 e. The molecule has 1 atom stereocenters. The monoisotopic (exact) mass is 259 g/mol. The van der Waals surface area contributed by atoms with E-state index in [9.17, 15) is 18.0 Å². The lowest BCUT2D eigenvalue weighted by atomic mass is 9.96. The number of aryl methyl sites for hydroxylation is 1. The zero-order valence-electron chi connectivity index (χ0n) is 10.3. The van der Waals surface area contributed by atoms with Crippen molar-refractivity contribution in [2.45, 2.75) is 38.9 Å². The third-order valence-corrected chi connectivity index (χ3v) is 2.62. The summed E-state index contributed by atoms with van der Waals surface area (Å²) in [4.78, 5) is 11.0. The molecule has 1 aromatic rings. The number of nitrogens with one attached hydrogen (secondary N) is 1. The lowest BCUT2D eigenvalue weighted by Crippen LogP contribution is -2.30. The highest BCUT2D eigenvalue weighted by molar-refractivity contribution is 5.73. The van der Waals surface area contributed by atoms with E-state index in [-0.39, 0.29) is 0 Å². The van der Waals surface area contributed by atoms with E-state index in [0.29, 0.717) is 12.0 Å². The Labute approximate surface area is 104 Å². The predicted molar refractivity (Wildman–Crippen MR) is 63.0 cm³/mol. The van der Waals surface area contributed by atoms with Gasteiger partial charge in [0, 0.05) is 6.92 Å². The molecule has 0 aliphatic heterocycles. The number of benzene rings is 1. The van der Waals surface area contributed by atoms with Gasteiger partial charge in [0.1, 0.15) is 0 Å². The zero-order valence-corrected chi connectivity index (χ0v) is 10.3. The van der Waals surface area contributed by atoms with Gasteiger partial charge in [-0.1, -0.05) is 31.2 Å². The first-order valence-electron chi connectivity index (χ1n) is 5.75. The van der Waals surface area contributed by atoms with E-state index < -0.39 is 24.5 Å². The van der Waals surface area contributed by atoms with E-state index >= 15 is 0 Å². The molecule has 0 bridgehead atoms. The van der Waals surface area contributed by atoms with E-state index in [2.05, 4.69) is 5.32 Å². The highest BCUT2D eigenvalue weighted by atomic mass is 19.4. The van der Waals surface area contributed by atoms with Crippen molar-refractivity contribution < 1.29 is 18.0 Å². The fourth-order valence-electron chi connectivity index (χ4n) is 1.91. The molecule has 2 nitrogen and oxygen atoms in total. The van der Waals surface area contributed by atoms with Gasteiger partial charge in [0.25, 0.3) is 0 Å². The molecular weight excluding hydrogens is 243 g/mol. The minimum absolute atomic E-state index is 0.463. The first kappa shape index (κ1) is 14.5. The molecule has 100 valence electrons. The van der Waals surface area contributed by atoms with Gasteiger partial charge in [-0.25, -0.2) is 0 Å². The molecule has 0 fully saturated rings. The maximum absolute atomic E-state index is 12.5. The molecule has 0 spiro atoms. The van der Waals surface area contributed by atoms with Crippen LogP contribution in [0.2, 0.25) is 0 Å². The first-order valence-corrected chi connectivity index (χ1v) is 5.75. The first-order chi connectivity index (χ1) is 8.33. The quantitative estimate of drug-likeness (QED) is 0.882. The van der Waals surface area contributed by atoms with Crippen molar-refractivity contribution in [1.29, 1.82) is 0 Å². The van der Waals surface area contributed by atoms with Crippen molar-refractivity contribution in [2.75, 3.05) is 0 Å². The van der Waals surface area contributed by atoms with Crippen LogP contribution in [0.5, 0.6) is 0 Å². The van der Waals surface area contributed by atoms with Gasteiger partial charge in [0.2, 0.25) is 5.91 Å². The number of alkyl halides is 3. The van der Waals surface area contributed by atoms with E-state index in [1.165, 1.54) is 6.92 Å². The van der Waals surface area contributed by atoms with Crippen molar-refractivity contribution in [3.05, 3.63) is 35.4 Å². The number of halogens is 3. The number of carbonyl (C=O) groups excluding carboxylic acids is 1. The van der Waals surface area contributed by atoms with Gasteiger partial charge in [-0.05, 0) is 17.5 Å². The lowest BCUT2D eigenvalue weighted by molar-refractivity contribution is -0.142. The predicted octanol–water partition coefficient (Wildman–Crippen LogP) is 3.38. The van der Waals surface area contributed by atoms with Crippen molar-refractivity contribution in [2.24, 2.45) is 0 Å².